The van der Waals surface area contributed by atoms with E-state index in [2.05, 4.69) is 32.4 Å². The summed E-state index contributed by atoms with van der Waals surface area (Å²) in [6.07, 6.45) is 3.39. The molecule has 1 aliphatic heterocycles. The van der Waals surface area contributed by atoms with Crippen molar-refractivity contribution in [1.29, 1.82) is 0 Å². The van der Waals surface area contributed by atoms with Crippen LogP contribution in [0.15, 0.2) is 24.8 Å². The highest BCUT2D eigenvalue weighted by Gasteiger charge is 2.40. The first-order valence-electron chi connectivity index (χ1n) is 12.6. The monoisotopic (exact) mass is 536 g/mol. The molecule has 1 aromatic carbocycles. The van der Waals surface area contributed by atoms with Crippen LogP contribution in [-0.4, -0.2) is 99.5 Å². The van der Waals surface area contributed by atoms with Crippen molar-refractivity contribution in [2.75, 3.05) is 39.8 Å². The number of rotatable bonds is 13. The molecule has 0 saturated carbocycles. The third kappa shape index (κ3) is 10.1. The second-order valence-corrected chi connectivity index (χ2v) is 9.30. The van der Waals surface area contributed by atoms with Gasteiger partial charge in [0.2, 0.25) is 0 Å². The summed E-state index contributed by atoms with van der Waals surface area (Å²) in [5.74, 6) is -3.91. The van der Waals surface area contributed by atoms with E-state index in [1.165, 1.54) is 0 Å². The lowest BCUT2D eigenvalue weighted by Crippen LogP contribution is -2.47. The summed E-state index contributed by atoms with van der Waals surface area (Å²) in [6, 6.07) is 4.09. The van der Waals surface area contributed by atoms with E-state index < -0.39 is 36.4 Å². The van der Waals surface area contributed by atoms with Crippen LogP contribution in [-0.2, 0) is 27.2 Å². The molecule has 11 heteroatoms. The molecule has 0 unspecified atom stereocenters. The second-order valence-electron chi connectivity index (χ2n) is 9.30. The van der Waals surface area contributed by atoms with Crippen LogP contribution < -0.4 is 4.74 Å². The maximum Gasteiger partial charge on any atom is 0.336 e. The van der Waals surface area contributed by atoms with Crippen LogP contribution in [0.4, 0.5) is 0 Å². The van der Waals surface area contributed by atoms with E-state index in [4.69, 9.17) is 25.2 Å². The van der Waals surface area contributed by atoms with Gasteiger partial charge >= 0.3 is 17.9 Å². The number of carboxylic acid groups (broad SMARTS) is 3. The largest absolute Gasteiger partial charge is 0.489 e. The number of carbonyl (C=O) groups excluding carboxylic acids is 1. The third-order valence-corrected chi connectivity index (χ3v) is 5.95. The van der Waals surface area contributed by atoms with Gasteiger partial charge in [0.25, 0.3) is 5.91 Å². The van der Waals surface area contributed by atoms with Crippen LogP contribution in [0.25, 0.3) is 0 Å². The van der Waals surface area contributed by atoms with Gasteiger partial charge in [0, 0.05) is 31.7 Å². The lowest BCUT2D eigenvalue weighted by atomic mass is 9.96. The van der Waals surface area contributed by atoms with Crippen molar-refractivity contribution >= 4 is 23.8 Å². The molecule has 1 aromatic rings. The van der Waals surface area contributed by atoms with Crippen molar-refractivity contribution in [3.63, 3.8) is 0 Å². The fourth-order valence-corrected chi connectivity index (χ4v) is 4.02. The van der Waals surface area contributed by atoms with Crippen molar-refractivity contribution in [3.8, 4) is 5.75 Å². The van der Waals surface area contributed by atoms with E-state index in [0.29, 0.717) is 6.61 Å². The molecule has 1 fully saturated rings. The van der Waals surface area contributed by atoms with Gasteiger partial charge in [-0.1, -0.05) is 39.3 Å². The highest BCUT2D eigenvalue weighted by Crippen LogP contribution is 2.29. The first-order chi connectivity index (χ1) is 17.9. The van der Waals surface area contributed by atoms with Crippen LogP contribution in [0.3, 0.4) is 0 Å². The summed E-state index contributed by atoms with van der Waals surface area (Å²) in [4.78, 5) is 47.7. The van der Waals surface area contributed by atoms with E-state index >= 15 is 0 Å². The zero-order chi connectivity index (χ0) is 28.9. The summed E-state index contributed by atoms with van der Waals surface area (Å²) in [6.45, 7) is 12.1. The number of hydrogen-bond donors (Lipinski definition) is 4. The van der Waals surface area contributed by atoms with Gasteiger partial charge in [0.05, 0.1) is 12.8 Å². The van der Waals surface area contributed by atoms with E-state index in [0.717, 1.165) is 74.3 Å². The lowest BCUT2D eigenvalue weighted by Gasteiger charge is -2.32. The van der Waals surface area contributed by atoms with Crippen LogP contribution in [0.2, 0.25) is 0 Å². The van der Waals surface area contributed by atoms with Gasteiger partial charge in [-0.05, 0) is 43.1 Å². The normalized spacial score (nSPS) is 13.7. The molecular weight excluding hydrogens is 496 g/mol. The number of hydrogen-bond acceptors (Lipinski definition) is 7. The Morgan fingerprint density at radius 1 is 0.947 bits per heavy atom. The topological polar surface area (TPSA) is 165 Å². The van der Waals surface area contributed by atoms with Crippen LogP contribution >= 0.6 is 0 Å². The minimum Gasteiger partial charge on any atom is -0.489 e. The quantitative estimate of drug-likeness (QED) is 0.275. The Kier molecular flexibility index (Phi) is 13.5. The Morgan fingerprint density at radius 2 is 1.42 bits per heavy atom. The van der Waals surface area contributed by atoms with Crippen LogP contribution in [0.1, 0.15) is 61.0 Å². The Labute approximate surface area is 223 Å². The van der Waals surface area contributed by atoms with Crippen molar-refractivity contribution in [1.82, 2.24) is 9.80 Å². The fraction of sp³-hybridized carbons (Fsp3) is 0.556. The van der Waals surface area contributed by atoms with Crippen molar-refractivity contribution in [2.45, 2.75) is 58.0 Å². The molecule has 2 rings (SSSR count). The molecule has 0 aliphatic carbocycles. The Morgan fingerprint density at radius 3 is 1.79 bits per heavy atom. The number of piperazine rings is 1. The number of benzene rings is 1. The highest BCUT2D eigenvalue weighted by atomic mass is 16.5. The summed E-state index contributed by atoms with van der Waals surface area (Å²) in [5, 5.41) is 33.8. The summed E-state index contributed by atoms with van der Waals surface area (Å²) < 4.78 is 5.97. The summed E-state index contributed by atoms with van der Waals surface area (Å²) in [7, 11) is 2.10. The van der Waals surface area contributed by atoms with Crippen LogP contribution in [0, 0.1) is 0 Å². The molecular formula is C27H40N2O9. The number of ether oxygens (including phenoxy) is 1. The standard InChI is InChI=1S/C21H32N2O2.C6H8O7/c1-5-8-17-15-19(21(24)23-12-10-22(4)11-13-23)16-18(9-6-2)20(17)25-14-7-3;7-3(8)1-6(13,5(11)12)2-4(9)10/h7,15-16H,3,5-6,8-14H2,1-2,4H3;13H,1-2H2,(H,7,8)(H,9,10)(H,11,12). The maximum absolute atomic E-state index is 13.0. The SMILES string of the molecule is C=CCOc1c(CCC)cc(C(=O)N2CCN(C)CC2)cc1CCC.O=C(O)CC(O)(CC(=O)O)C(=O)O. The van der Waals surface area contributed by atoms with Gasteiger partial charge in [0.1, 0.15) is 12.4 Å². The summed E-state index contributed by atoms with van der Waals surface area (Å²) >= 11 is 0. The van der Waals surface area contributed by atoms with E-state index in [9.17, 15) is 19.2 Å². The number of amides is 1. The first kappa shape index (κ1) is 32.6. The molecule has 0 bridgehead atoms. The van der Waals surface area contributed by atoms with Crippen molar-refractivity contribution in [3.05, 3.63) is 41.5 Å². The van der Waals surface area contributed by atoms with Crippen LogP contribution in [0.5, 0.6) is 5.75 Å². The maximum atomic E-state index is 13.0. The predicted molar refractivity (Wildman–Crippen MR) is 141 cm³/mol. The highest BCUT2D eigenvalue weighted by molar-refractivity contribution is 5.95. The second kappa shape index (κ2) is 15.7. The molecule has 0 atom stereocenters. The Balaban J connectivity index is 0.000000471. The lowest BCUT2D eigenvalue weighted by molar-refractivity contribution is -0.170. The van der Waals surface area contributed by atoms with E-state index in [1.807, 2.05) is 17.0 Å². The number of aryl methyl sites for hydroxylation is 2. The molecule has 1 heterocycles. The Hall–Kier alpha value is -3.44. The number of carboxylic acids is 3. The van der Waals surface area contributed by atoms with Crippen molar-refractivity contribution < 1.29 is 44.3 Å². The fourth-order valence-electron chi connectivity index (χ4n) is 4.02. The number of carbonyl (C=O) groups is 4. The molecule has 0 radical (unpaired) electrons. The summed E-state index contributed by atoms with van der Waals surface area (Å²) in [5.41, 5.74) is 0.362. The minimum absolute atomic E-state index is 0.151. The smallest absolute Gasteiger partial charge is 0.336 e. The average Bonchev–Trinajstić information content (AvgIpc) is 2.83. The molecule has 1 saturated heterocycles. The number of likely N-dealkylation sites (N-methyl/N-ethyl adjacent to an activating group) is 1. The zero-order valence-electron chi connectivity index (χ0n) is 22.4. The number of aliphatic carboxylic acids is 3. The van der Waals surface area contributed by atoms with E-state index in [-0.39, 0.29) is 5.91 Å². The average molecular weight is 537 g/mol. The predicted octanol–water partition coefficient (Wildman–Crippen LogP) is 2.30. The third-order valence-electron chi connectivity index (χ3n) is 5.95. The number of aliphatic hydroxyl groups is 1. The molecule has 38 heavy (non-hydrogen) atoms. The molecule has 0 spiro atoms. The molecule has 212 valence electrons. The molecule has 0 aromatic heterocycles. The van der Waals surface area contributed by atoms with Gasteiger partial charge < -0.3 is 35.0 Å². The van der Waals surface area contributed by atoms with Gasteiger partial charge in [-0.15, -0.1) is 0 Å². The van der Waals surface area contributed by atoms with E-state index in [1.54, 1.807) is 6.08 Å². The first-order valence-corrected chi connectivity index (χ1v) is 12.6. The Bertz CT molecular complexity index is 942. The van der Waals surface area contributed by atoms with Gasteiger partial charge in [-0.3, -0.25) is 14.4 Å². The molecule has 4 N–H and O–H groups in total. The van der Waals surface area contributed by atoms with Gasteiger partial charge in [-0.25, -0.2) is 4.79 Å². The minimum atomic E-state index is -2.74. The van der Waals surface area contributed by atoms with Crippen molar-refractivity contribution in [2.24, 2.45) is 0 Å². The van der Waals surface area contributed by atoms with Gasteiger partial charge in [-0.2, -0.15) is 0 Å². The zero-order valence-corrected chi connectivity index (χ0v) is 22.4. The molecule has 11 nitrogen and oxygen atoms in total. The molecule has 1 amide bonds. The molecule has 1 aliphatic rings. The number of nitrogens with zero attached hydrogens (tertiary/aromatic N) is 2. The van der Waals surface area contributed by atoms with Gasteiger partial charge in [0.15, 0.2) is 5.60 Å².